The van der Waals surface area contributed by atoms with Gasteiger partial charge in [-0.2, -0.15) is 0 Å². The number of carbonyl (C=O) groups is 1. The van der Waals surface area contributed by atoms with Crippen LogP contribution in [0.25, 0.3) is 0 Å². The van der Waals surface area contributed by atoms with Gasteiger partial charge in [0, 0.05) is 19.3 Å². The molecule has 1 aliphatic heterocycles. The molecule has 0 radical (unpaired) electrons. The summed E-state index contributed by atoms with van der Waals surface area (Å²) in [6.45, 7) is 8.33. The lowest BCUT2D eigenvalue weighted by atomic mass is 10.1. The van der Waals surface area contributed by atoms with Gasteiger partial charge in [0.15, 0.2) is 0 Å². The number of nitrogens with zero attached hydrogens (tertiary/aromatic N) is 3. The molecule has 0 saturated carbocycles. The Kier molecular flexibility index (Phi) is 6.61. The summed E-state index contributed by atoms with van der Waals surface area (Å²) in [6.07, 6.45) is 3.75. The molecule has 6 heteroatoms. The predicted octanol–water partition coefficient (Wildman–Crippen LogP) is 4.81. The third-order valence-corrected chi connectivity index (χ3v) is 6.23. The zero-order valence-electron chi connectivity index (χ0n) is 18.9. The molecule has 0 unspecified atom stereocenters. The summed E-state index contributed by atoms with van der Waals surface area (Å²) < 4.78 is 13.0. The van der Waals surface area contributed by atoms with E-state index < -0.39 is 0 Å². The van der Waals surface area contributed by atoms with Crippen LogP contribution in [0.2, 0.25) is 0 Å². The van der Waals surface area contributed by atoms with E-state index >= 15 is 0 Å². The number of hydrogen-bond acceptors (Lipinski definition) is 4. The highest BCUT2D eigenvalue weighted by atomic mass is 19.1. The van der Waals surface area contributed by atoms with Crippen molar-refractivity contribution in [2.45, 2.75) is 52.7 Å². The van der Waals surface area contributed by atoms with Crippen LogP contribution in [0.1, 0.15) is 63.0 Å². The minimum Gasteiger partial charge on any atom is -0.348 e. The van der Waals surface area contributed by atoms with Crippen molar-refractivity contribution in [2.24, 2.45) is 0 Å². The molecule has 166 valence electrons. The zero-order valence-corrected chi connectivity index (χ0v) is 18.9. The van der Waals surface area contributed by atoms with Crippen molar-refractivity contribution in [2.75, 3.05) is 6.54 Å². The molecule has 5 nitrogen and oxygen atoms in total. The van der Waals surface area contributed by atoms with Gasteiger partial charge in [-0.1, -0.05) is 30.3 Å². The second-order valence-electron chi connectivity index (χ2n) is 8.58. The van der Waals surface area contributed by atoms with Gasteiger partial charge in [0.2, 0.25) is 0 Å². The average molecular weight is 433 g/mol. The molecule has 1 N–H and O–H groups in total. The minimum atomic E-state index is -0.293. The normalized spacial score (nSPS) is 16.3. The smallest absolute Gasteiger partial charge is 0.254 e. The molecule has 0 spiro atoms. The Bertz CT molecular complexity index is 1110. The first-order valence-corrected chi connectivity index (χ1v) is 11.1. The van der Waals surface area contributed by atoms with E-state index in [1.54, 1.807) is 18.3 Å². The van der Waals surface area contributed by atoms with Crippen molar-refractivity contribution in [3.05, 3.63) is 93.8 Å². The number of aromatic nitrogens is 2. The summed E-state index contributed by atoms with van der Waals surface area (Å²) in [7, 11) is 0. The van der Waals surface area contributed by atoms with E-state index in [4.69, 9.17) is 4.98 Å². The summed E-state index contributed by atoms with van der Waals surface area (Å²) in [5.74, 6) is 0.258. The van der Waals surface area contributed by atoms with E-state index in [1.807, 2.05) is 6.92 Å². The number of halogens is 1. The molecule has 1 saturated heterocycles. The Morgan fingerprint density at radius 2 is 1.84 bits per heavy atom. The number of rotatable bonds is 6. The number of benzene rings is 2. The lowest BCUT2D eigenvalue weighted by Gasteiger charge is -2.24. The fourth-order valence-corrected chi connectivity index (χ4v) is 4.19. The molecule has 1 aliphatic rings. The van der Waals surface area contributed by atoms with E-state index in [1.165, 1.54) is 28.8 Å². The summed E-state index contributed by atoms with van der Waals surface area (Å²) in [4.78, 5) is 24.3. The number of likely N-dealkylation sites (tertiary alicyclic amines) is 1. The molecule has 32 heavy (non-hydrogen) atoms. The summed E-state index contributed by atoms with van der Waals surface area (Å²) in [6, 6.07) is 12.9. The van der Waals surface area contributed by atoms with Gasteiger partial charge in [0.05, 0.1) is 17.3 Å². The lowest BCUT2D eigenvalue weighted by Crippen LogP contribution is -2.27. The van der Waals surface area contributed by atoms with Crippen LogP contribution in [-0.2, 0) is 13.1 Å². The standard InChI is InChI=1S/C26H29FN4O/c1-17-6-7-21(13-18(17)2)16-31-12-4-5-24(31)25-28-15-23(19(3)30-25)26(32)29-14-20-8-10-22(27)11-9-20/h6-11,13,15,24H,4-5,12,14,16H2,1-3H3,(H,29,32)/t24-/m1/s1. The molecule has 1 amide bonds. The first-order valence-electron chi connectivity index (χ1n) is 11.1. The fraction of sp³-hybridized carbons (Fsp3) is 0.346. The van der Waals surface area contributed by atoms with Crippen LogP contribution < -0.4 is 5.32 Å². The minimum absolute atomic E-state index is 0.159. The van der Waals surface area contributed by atoms with Crippen LogP contribution >= 0.6 is 0 Å². The van der Waals surface area contributed by atoms with Gasteiger partial charge in [0.25, 0.3) is 5.91 Å². The van der Waals surface area contributed by atoms with Crippen molar-refractivity contribution in [3.63, 3.8) is 0 Å². The highest BCUT2D eigenvalue weighted by Crippen LogP contribution is 2.31. The molecule has 1 fully saturated rings. The molecular weight excluding hydrogens is 403 g/mol. The van der Waals surface area contributed by atoms with Crippen molar-refractivity contribution in [3.8, 4) is 0 Å². The third-order valence-electron chi connectivity index (χ3n) is 6.23. The SMILES string of the molecule is Cc1ccc(CN2CCC[C@@H]2c2ncc(C(=O)NCc3ccc(F)cc3)c(C)n2)cc1C. The Labute approximate surface area is 188 Å². The van der Waals surface area contributed by atoms with Gasteiger partial charge in [-0.25, -0.2) is 14.4 Å². The topological polar surface area (TPSA) is 58.1 Å². The van der Waals surface area contributed by atoms with Crippen molar-refractivity contribution in [1.82, 2.24) is 20.2 Å². The van der Waals surface area contributed by atoms with E-state index in [0.29, 0.717) is 17.8 Å². The highest BCUT2D eigenvalue weighted by Gasteiger charge is 2.29. The van der Waals surface area contributed by atoms with Crippen LogP contribution in [0, 0.1) is 26.6 Å². The van der Waals surface area contributed by atoms with E-state index in [0.717, 1.165) is 37.3 Å². The first kappa shape index (κ1) is 22.1. The van der Waals surface area contributed by atoms with E-state index in [9.17, 15) is 9.18 Å². The predicted molar refractivity (Wildman–Crippen MR) is 123 cm³/mol. The van der Waals surface area contributed by atoms with Gasteiger partial charge < -0.3 is 5.32 Å². The summed E-state index contributed by atoms with van der Waals surface area (Å²) in [5, 5.41) is 2.86. The molecule has 3 aromatic rings. The van der Waals surface area contributed by atoms with Crippen molar-refractivity contribution >= 4 is 5.91 Å². The van der Waals surface area contributed by atoms with E-state index in [-0.39, 0.29) is 17.8 Å². The molecule has 4 rings (SSSR count). The molecule has 1 atom stereocenters. The number of amides is 1. The van der Waals surface area contributed by atoms with Crippen molar-refractivity contribution in [1.29, 1.82) is 0 Å². The second-order valence-corrected chi connectivity index (χ2v) is 8.58. The Balaban J connectivity index is 1.43. The van der Waals surface area contributed by atoms with Crippen LogP contribution in [0.3, 0.4) is 0 Å². The Morgan fingerprint density at radius 1 is 1.09 bits per heavy atom. The van der Waals surface area contributed by atoms with Crippen molar-refractivity contribution < 1.29 is 9.18 Å². The molecule has 2 heterocycles. The highest BCUT2D eigenvalue weighted by molar-refractivity contribution is 5.94. The van der Waals surface area contributed by atoms with Crippen LogP contribution in [0.5, 0.6) is 0 Å². The first-order chi connectivity index (χ1) is 15.4. The maximum Gasteiger partial charge on any atom is 0.254 e. The number of nitrogens with one attached hydrogen (secondary N) is 1. The molecular formula is C26H29FN4O. The Hall–Kier alpha value is -3.12. The largest absolute Gasteiger partial charge is 0.348 e. The number of hydrogen-bond donors (Lipinski definition) is 1. The molecule has 2 aromatic carbocycles. The van der Waals surface area contributed by atoms with Gasteiger partial charge in [-0.05, 0) is 74.5 Å². The maximum absolute atomic E-state index is 13.0. The van der Waals surface area contributed by atoms with Crippen LogP contribution in [0.15, 0.2) is 48.7 Å². The van der Waals surface area contributed by atoms with E-state index in [2.05, 4.69) is 47.2 Å². The third kappa shape index (κ3) is 5.02. The van der Waals surface area contributed by atoms with Gasteiger partial charge >= 0.3 is 0 Å². The quantitative estimate of drug-likeness (QED) is 0.607. The lowest BCUT2D eigenvalue weighted by molar-refractivity contribution is 0.0949. The monoisotopic (exact) mass is 432 g/mol. The maximum atomic E-state index is 13.0. The fourth-order valence-electron chi connectivity index (χ4n) is 4.19. The molecule has 0 aliphatic carbocycles. The van der Waals surface area contributed by atoms with Crippen LogP contribution in [-0.4, -0.2) is 27.3 Å². The number of carbonyl (C=O) groups excluding carboxylic acids is 1. The van der Waals surface area contributed by atoms with Gasteiger partial charge in [-0.3, -0.25) is 9.69 Å². The molecule has 1 aromatic heterocycles. The summed E-state index contributed by atoms with van der Waals surface area (Å²) in [5.41, 5.74) is 5.89. The average Bonchev–Trinajstić information content (AvgIpc) is 3.23. The van der Waals surface area contributed by atoms with Gasteiger partial charge in [-0.15, -0.1) is 0 Å². The zero-order chi connectivity index (χ0) is 22.7. The second kappa shape index (κ2) is 9.57. The Morgan fingerprint density at radius 3 is 2.56 bits per heavy atom. The molecule has 0 bridgehead atoms. The number of aryl methyl sites for hydroxylation is 3. The summed E-state index contributed by atoms with van der Waals surface area (Å²) >= 11 is 0. The van der Waals surface area contributed by atoms with Gasteiger partial charge in [0.1, 0.15) is 11.6 Å². The van der Waals surface area contributed by atoms with Crippen LogP contribution in [0.4, 0.5) is 4.39 Å².